The number of hydrazone groups is 1. The molecule has 122 valence electrons. The summed E-state index contributed by atoms with van der Waals surface area (Å²) < 4.78 is 27.6. The van der Waals surface area contributed by atoms with Crippen LogP contribution in [0.15, 0.2) is 52.9 Å². The van der Waals surface area contributed by atoms with Gasteiger partial charge < -0.3 is 0 Å². The summed E-state index contributed by atoms with van der Waals surface area (Å²) >= 11 is 1.39. The van der Waals surface area contributed by atoms with Crippen LogP contribution in [0.25, 0.3) is 11.3 Å². The highest BCUT2D eigenvalue weighted by atomic mass is 32.1. The minimum absolute atomic E-state index is 0.0945. The van der Waals surface area contributed by atoms with Gasteiger partial charge in [-0.1, -0.05) is 43.3 Å². The van der Waals surface area contributed by atoms with Crippen molar-refractivity contribution in [3.05, 3.63) is 70.6 Å². The van der Waals surface area contributed by atoms with Crippen LogP contribution < -0.4 is 5.43 Å². The predicted molar refractivity (Wildman–Crippen MR) is 94.5 cm³/mol. The van der Waals surface area contributed by atoms with Gasteiger partial charge in [0, 0.05) is 16.5 Å². The molecule has 2 aromatic carbocycles. The first-order valence-electron chi connectivity index (χ1n) is 7.46. The van der Waals surface area contributed by atoms with Crippen LogP contribution in [0.2, 0.25) is 0 Å². The number of aromatic nitrogens is 1. The van der Waals surface area contributed by atoms with Crippen molar-refractivity contribution in [2.24, 2.45) is 5.10 Å². The van der Waals surface area contributed by atoms with Crippen molar-refractivity contribution in [2.75, 3.05) is 5.43 Å². The van der Waals surface area contributed by atoms with Crippen molar-refractivity contribution in [1.29, 1.82) is 0 Å². The van der Waals surface area contributed by atoms with Crippen LogP contribution in [0.1, 0.15) is 18.1 Å². The van der Waals surface area contributed by atoms with Gasteiger partial charge >= 0.3 is 0 Å². The fourth-order valence-corrected chi connectivity index (χ4v) is 2.87. The van der Waals surface area contributed by atoms with E-state index >= 15 is 0 Å². The fraction of sp³-hybridized carbons (Fsp3) is 0.111. The Morgan fingerprint density at radius 2 is 1.92 bits per heavy atom. The van der Waals surface area contributed by atoms with Gasteiger partial charge in [0.1, 0.15) is 0 Å². The monoisotopic (exact) mass is 343 g/mol. The Hall–Kier alpha value is -2.60. The summed E-state index contributed by atoms with van der Waals surface area (Å²) in [7, 11) is 0. The van der Waals surface area contributed by atoms with E-state index in [9.17, 15) is 8.78 Å². The molecule has 24 heavy (non-hydrogen) atoms. The molecule has 0 unspecified atom stereocenters. The summed E-state index contributed by atoms with van der Waals surface area (Å²) in [5.74, 6) is -1.70. The standard InChI is InChI=1S/C18H15F2N3S/c1-2-12-8-9-14(17(20)16(12)19)10-21-23-18-22-15(11-24-18)13-6-4-3-5-7-13/h3-11H,2H2,1H3,(H,22,23). The van der Waals surface area contributed by atoms with E-state index in [-0.39, 0.29) is 5.56 Å². The summed E-state index contributed by atoms with van der Waals surface area (Å²) in [5.41, 5.74) is 5.04. The molecule has 0 aliphatic heterocycles. The highest BCUT2D eigenvalue weighted by molar-refractivity contribution is 7.14. The number of nitrogens with one attached hydrogen (secondary N) is 1. The predicted octanol–water partition coefficient (Wildman–Crippen LogP) is 5.10. The van der Waals surface area contributed by atoms with Gasteiger partial charge in [-0.3, -0.25) is 5.43 Å². The zero-order valence-electron chi connectivity index (χ0n) is 13.0. The number of benzene rings is 2. The quantitative estimate of drug-likeness (QED) is 0.517. The Kier molecular flexibility index (Phi) is 4.96. The van der Waals surface area contributed by atoms with Gasteiger partial charge in [0.15, 0.2) is 11.6 Å². The first-order valence-corrected chi connectivity index (χ1v) is 8.34. The number of hydrogen-bond donors (Lipinski definition) is 1. The molecule has 0 saturated heterocycles. The molecule has 0 spiro atoms. The first-order chi connectivity index (χ1) is 11.7. The lowest BCUT2D eigenvalue weighted by Crippen LogP contribution is -1.99. The molecule has 0 aliphatic rings. The van der Waals surface area contributed by atoms with Crippen LogP contribution in [0.3, 0.4) is 0 Å². The maximum Gasteiger partial charge on any atom is 0.203 e. The van der Waals surface area contributed by atoms with E-state index in [1.54, 1.807) is 13.0 Å². The molecule has 0 radical (unpaired) electrons. The molecule has 3 rings (SSSR count). The number of hydrogen-bond acceptors (Lipinski definition) is 4. The highest BCUT2D eigenvalue weighted by Crippen LogP contribution is 2.24. The number of anilines is 1. The second kappa shape index (κ2) is 7.31. The average molecular weight is 343 g/mol. The lowest BCUT2D eigenvalue weighted by Gasteiger charge is -2.03. The minimum Gasteiger partial charge on any atom is -0.253 e. The van der Waals surface area contributed by atoms with E-state index in [1.807, 2.05) is 35.7 Å². The molecule has 0 saturated carbocycles. The number of thiazole rings is 1. The van der Waals surface area contributed by atoms with Gasteiger partial charge in [-0.25, -0.2) is 13.8 Å². The van der Waals surface area contributed by atoms with E-state index in [2.05, 4.69) is 15.5 Å². The van der Waals surface area contributed by atoms with Gasteiger partial charge in [0.05, 0.1) is 11.9 Å². The van der Waals surface area contributed by atoms with E-state index in [0.717, 1.165) is 11.3 Å². The van der Waals surface area contributed by atoms with Crippen molar-refractivity contribution in [3.63, 3.8) is 0 Å². The van der Waals surface area contributed by atoms with Gasteiger partial charge in [0.2, 0.25) is 5.13 Å². The summed E-state index contributed by atoms with van der Waals surface area (Å²) in [5, 5.41) is 6.43. The molecule has 0 atom stereocenters. The molecule has 1 heterocycles. The molecular formula is C18H15F2N3S. The Bertz CT molecular complexity index is 860. The maximum atomic E-state index is 13.9. The maximum absolute atomic E-state index is 13.9. The van der Waals surface area contributed by atoms with E-state index in [0.29, 0.717) is 17.1 Å². The Labute approximate surface area is 142 Å². The van der Waals surface area contributed by atoms with Crippen molar-refractivity contribution >= 4 is 22.7 Å². The second-order valence-electron chi connectivity index (χ2n) is 5.07. The summed E-state index contributed by atoms with van der Waals surface area (Å²) in [6, 6.07) is 12.8. The zero-order chi connectivity index (χ0) is 16.9. The molecule has 3 aromatic rings. The third kappa shape index (κ3) is 3.49. The van der Waals surface area contributed by atoms with Crippen LogP contribution >= 0.6 is 11.3 Å². The smallest absolute Gasteiger partial charge is 0.203 e. The third-order valence-electron chi connectivity index (χ3n) is 3.51. The number of aryl methyl sites for hydroxylation is 1. The topological polar surface area (TPSA) is 37.3 Å². The summed E-state index contributed by atoms with van der Waals surface area (Å²) in [6.07, 6.45) is 1.70. The Morgan fingerprint density at radius 1 is 1.12 bits per heavy atom. The average Bonchev–Trinajstić information content (AvgIpc) is 3.08. The minimum atomic E-state index is -0.885. The molecule has 1 aromatic heterocycles. The molecule has 0 amide bonds. The van der Waals surface area contributed by atoms with Gasteiger partial charge in [-0.15, -0.1) is 11.3 Å². The van der Waals surface area contributed by atoms with Crippen molar-refractivity contribution in [3.8, 4) is 11.3 Å². The lowest BCUT2D eigenvalue weighted by molar-refractivity contribution is 0.499. The summed E-state index contributed by atoms with van der Waals surface area (Å²) in [6.45, 7) is 1.78. The number of halogens is 2. The van der Waals surface area contributed by atoms with Gasteiger partial charge in [-0.2, -0.15) is 5.10 Å². The first kappa shape index (κ1) is 16.3. The van der Waals surface area contributed by atoms with Crippen molar-refractivity contribution in [1.82, 2.24) is 4.98 Å². The molecule has 0 aliphatic carbocycles. The molecular weight excluding hydrogens is 328 g/mol. The van der Waals surface area contributed by atoms with Gasteiger partial charge in [-0.05, 0) is 18.1 Å². The fourth-order valence-electron chi connectivity index (χ4n) is 2.20. The van der Waals surface area contributed by atoms with Crippen LogP contribution in [0.5, 0.6) is 0 Å². The molecule has 3 nitrogen and oxygen atoms in total. The van der Waals surface area contributed by atoms with Gasteiger partial charge in [0.25, 0.3) is 0 Å². The van der Waals surface area contributed by atoms with Crippen LogP contribution in [0.4, 0.5) is 13.9 Å². The third-order valence-corrected chi connectivity index (χ3v) is 4.26. The largest absolute Gasteiger partial charge is 0.253 e. The number of rotatable bonds is 5. The van der Waals surface area contributed by atoms with E-state index < -0.39 is 11.6 Å². The van der Waals surface area contributed by atoms with Crippen molar-refractivity contribution < 1.29 is 8.78 Å². The van der Waals surface area contributed by atoms with Crippen LogP contribution in [0, 0.1) is 11.6 Å². The number of nitrogens with zero attached hydrogens (tertiary/aromatic N) is 2. The molecule has 6 heteroatoms. The SMILES string of the molecule is CCc1ccc(C=NNc2nc(-c3ccccc3)cs2)c(F)c1F. The molecule has 0 fully saturated rings. The lowest BCUT2D eigenvalue weighted by atomic mass is 10.1. The zero-order valence-corrected chi connectivity index (χ0v) is 13.8. The van der Waals surface area contributed by atoms with Crippen molar-refractivity contribution in [2.45, 2.75) is 13.3 Å². The Morgan fingerprint density at radius 3 is 2.67 bits per heavy atom. The molecule has 1 N–H and O–H groups in total. The van der Waals surface area contributed by atoms with E-state index in [4.69, 9.17) is 0 Å². The normalized spacial score (nSPS) is 11.1. The van der Waals surface area contributed by atoms with Crippen LogP contribution in [-0.4, -0.2) is 11.2 Å². The molecule has 0 bridgehead atoms. The highest BCUT2D eigenvalue weighted by Gasteiger charge is 2.10. The van der Waals surface area contributed by atoms with Crippen LogP contribution in [-0.2, 0) is 6.42 Å². The van der Waals surface area contributed by atoms with E-state index in [1.165, 1.54) is 23.6 Å². The summed E-state index contributed by atoms with van der Waals surface area (Å²) in [4.78, 5) is 4.40. The Balaban J connectivity index is 1.71. The second-order valence-corrected chi connectivity index (χ2v) is 5.93.